The number of phenolic OH excluding ortho intramolecular Hbond substituents is 1. The highest BCUT2D eigenvalue weighted by Crippen LogP contribution is 2.44. The second-order valence-electron chi connectivity index (χ2n) is 6.41. The van der Waals surface area contributed by atoms with E-state index in [9.17, 15) is 9.50 Å². The Morgan fingerprint density at radius 1 is 1.29 bits per heavy atom. The van der Waals surface area contributed by atoms with Crippen molar-refractivity contribution in [1.82, 2.24) is 0 Å². The minimum atomic E-state index is -0.264. The molecule has 0 radical (unpaired) electrons. The summed E-state index contributed by atoms with van der Waals surface area (Å²) in [6, 6.07) is 0. The highest BCUT2D eigenvalue weighted by Gasteiger charge is 2.33. The fraction of sp³-hybridized carbons (Fsp3) is 0.556. The number of fused-ring (bicyclic) bond motifs is 1. The Hall–Kier alpha value is -1.51. The van der Waals surface area contributed by atoms with E-state index in [1.165, 1.54) is 6.92 Å². The quantitative estimate of drug-likeness (QED) is 0.844. The molecule has 21 heavy (non-hydrogen) atoms. The fourth-order valence-corrected chi connectivity index (χ4v) is 3.05. The van der Waals surface area contributed by atoms with Crippen LogP contribution in [0.2, 0.25) is 0 Å². The van der Waals surface area contributed by atoms with Crippen molar-refractivity contribution in [3.63, 3.8) is 0 Å². The van der Waals surface area contributed by atoms with E-state index >= 15 is 0 Å². The zero-order valence-electron chi connectivity index (χ0n) is 13.6. The van der Waals surface area contributed by atoms with E-state index in [1.54, 1.807) is 6.08 Å². The molecule has 0 saturated heterocycles. The van der Waals surface area contributed by atoms with Crippen molar-refractivity contribution in [1.29, 1.82) is 0 Å². The third-order valence-electron chi connectivity index (χ3n) is 4.69. The lowest BCUT2D eigenvalue weighted by atomic mass is 9.85. The first-order valence-corrected chi connectivity index (χ1v) is 7.58. The minimum Gasteiger partial charge on any atom is -0.507 e. The van der Waals surface area contributed by atoms with Crippen LogP contribution in [0.25, 0.3) is 0 Å². The van der Waals surface area contributed by atoms with Gasteiger partial charge in [-0.1, -0.05) is 6.08 Å². The van der Waals surface area contributed by atoms with Crippen LogP contribution in [0.15, 0.2) is 11.9 Å². The number of hydrogen-bond acceptors (Lipinski definition) is 2. The zero-order valence-corrected chi connectivity index (χ0v) is 13.6. The van der Waals surface area contributed by atoms with Crippen molar-refractivity contribution >= 4 is 0 Å². The second-order valence-corrected chi connectivity index (χ2v) is 6.41. The molecule has 1 aliphatic heterocycles. The summed E-state index contributed by atoms with van der Waals surface area (Å²) >= 11 is 0. The van der Waals surface area contributed by atoms with Gasteiger partial charge < -0.3 is 9.84 Å². The fourth-order valence-electron chi connectivity index (χ4n) is 3.05. The van der Waals surface area contributed by atoms with Crippen LogP contribution >= 0.6 is 0 Å². The summed E-state index contributed by atoms with van der Waals surface area (Å²) in [4.78, 5) is 0. The number of allylic oxidation sites excluding steroid dienone is 2. The molecule has 0 spiro atoms. The molecule has 1 atom stereocenters. The van der Waals surface area contributed by atoms with Crippen LogP contribution in [-0.2, 0) is 6.42 Å². The van der Waals surface area contributed by atoms with Gasteiger partial charge in [-0.25, -0.2) is 4.39 Å². The number of aromatic hydroxyl groups is 1. The predicted octanol–water partition coefficient (Wildman–Crippen LogP) is 5.05. The molecule has 1 N–H and O–H groups in total. The first kappa shape index (κ1) is 15.9. The molecule has 2 nitrogen and oxygen atoms in total. The summed E-state index contributed by atoms with van der Waals surface area (Å²) in [5.74, 6) is 1.16. The Morgan fingerprint density at radius 2 is 1.95 bits per heavy atom. The molecule has 1 aromatic rings. The highest BCUT2D eigenvalue weighted by molar-refractivity contribution is 5.58. The number of halogens is 1. The lowest BCUT2D eigenvalue weighted by Crippen LogP contribution is -2.37. The molecule has 0 saturated carbocycles. The molecule has 0 amide bonds. The third-order valence-corrected chi connectivity index (χ3v) is 4.69. The van der Waals surface area contributed by atoms with Gasteiger partial charge in [-0.2, -0.15) is 0 Å². The van der Waals surface area contributed by atoms with E-state index in [0.29, 0.717) is 12.2 Å². The zero-order chi connectivity index (χ0) is 15.8. The Bertz CT molecular complexity index is 586. The summed E-state index contributed by atoms with van der Waals surface area (Å²) in [7, 11) is 0. The van der Waals surface area contributed by atoms with Gasteiger partial charge >= 0.3 is 0 Å². The van der Waals surface area contributed by atoms with Crippen LogP contribution in [0.4, 0.5) is 4.39 Å². The van der Waals surface area contributed by atoms with Crippen molar-refractivity contribution in [3.8, 4) is 11.5 Å². The molecule has 0 aromatic heterocycles. The van der Waals surface area contributed by atoms with E-state index in [2.05, 4.69) is 6.92 Å². The molecule has 1 aliphatic rings. The average Bonchev–Trinajstić information content (AvgIpc) is 2.42. The van der Waals surface area contributed by atoms with Gasteiger partial charge in [0.1, 0.15) is 17.1 Å². The van der Waals surface area contributed by atoms with Gasteiger partial charge in [0.25, 0.3) is 0 Å². The Kier molecular flexibility index (Phi) is 4.31. The number of rotatable bonds is 3. The molecular formula is C18H25FO2. The lowest BCUT2D eigenvalue weighted by Gasteiger charge is -2.38. The first-order chi connectivity index (χ1) is 9.75. The van der Waals surface area contributed by atoms with Crippen LogP contribution in [0.3, 0.4) is 0 Å². The molecule has 116 valence electrons. The Balaban J connectivity index is 2.30. The molecule has 2 rings (SSSR count). The van der Waals surface area contributed by atoms with E-state index in [1.807, 2.05) is 20.8 Å². The van der Waals surface area contributed by atoms with Gasteiger partial charge in [0, 0.05) is 5.56 Å². The molecule has 0 aliphatic carbocycles. The number of hydrogen-bond donors (Lipinski definition) is 1. The molecule has 0 bridgehead atoms. The molecule has 1 aromatic carbocycles. The van der Waals surface area contributed by atoms with E-state index < -0.39 is 0 Å². The standard InChI is InChI=1S/C18H25FO2/c1-11(19)7-6-9-18(5)10-8-15-14(4)16(20)12(2)13(3)17(15)21-18/h7,20H,6,8-10H2,1-5H3/b11-7-/t18-/m1/s1. The molecule has 0 fully saturated rings. The van der Waals surface area contributed by atoms with Gasteiger partial charge in [0.2, 0.25) is 0 Å². The number of phenols is 1. The SMILES string of the molecule is C/C(F)=C/CC[C@]1(C)CCc2c(C)c(O)c(C)c(C)c2O1. The van der Waals surface area contributed by atoms with Gasteiger partial charge in [0.05, 0.1) is 5.83 Å². The summed E-state index contributed by atoms with van der Waals surface area (Å²) in [5, 5.41) is 10.2. The number of benzene rings is 1. The van der Waals surface area contributed by atoms with Gasteiger partial charge in [-0.15, -0.1) is 0 Å². The van der Waals surface area contributed by atoms with Gasteiger partial charge in [-0.05, 0) is 77.0 Å². The average molecular weight is 292 g/mol. The first-order valence-electron chi connectivity index (χ1n) is 7.58. The topological polar surface area (TPSA) is 29.5 Å². The summed E-state index contributed by atoms with van der Waals surface area (Å²) in [6.07, 6.45) is 4.88. The minimum absolute atomic E-state index is 0.136. The summed E-state index contributed by atoms with van der Waals surface area (Å²) in [6.45, 7) is 9.42. The van der Waals surface area contributed by atoms with Crippen LogP contribution < -0.4 is 4.74 Å². The van der Waals surface area contributed by atoms with Crippen LogP contribution in [0.1, 0.15) is 55.4 Å². The number of ether oxygens (including phenoxy) is 1. The largest absolute Gasteiger partial charge is 0.507 e. The lowest BCUT2D eigenvalue weighted by molar-refractivity contribution is 0.0558. The highest BCUT2D eigenvalue weighted by atomic mass is 19.1. The third kappa shape index (κ3) is 3.07. The second kappa shape index (κ2) is 5.70. The van der Waals surface area contributed by atoms with E-state index in [4.69, 9.17) is 4.74 Å². The van der Waals surface area contributed by atoms with Crippen LogP contribution in [0.5, 0.6) is 11.5 Å². The maximum atomic E-state index is 12.8. The normalized spacial score (nSPS) is 21.9. The molecular weight excluding hydrogens is 267 g/mol. The molecule has 0 unspecified atom stereocenters. The Morgan fingerprint density at radius 3 is 2.57 bits per heavy atom. The predicted molar refractivity (Wildman–Crippen MR) is 83.8 cm³/mol. The maximum absolute atomic E-state index is 12.8. The molecule has 1 heterocycles. The summed E-state index contributed by atoms with van der Waals surface area (Å²) in [5.41, 5.74) is 3.67. The van der Waals surface area contributed by atoms with Gasteiger partial charge in [-0.3, -0.25) is 0 Å². The summed E-state index contributed by atoms with van der Waals surface area (Å²) < 4.78 is 19.1. The smallest absolute Gasteiger partial charge is 0.127 e. The van der Waals surface area contributed by atoms with Crippen molar-refractivity contribution in [3.05, 3.63) is 34.2 Å². The van der Waals surface area contributed by atoms with Crippen molar-refractivity contribution in [2.24, 2.45) is 0 Å². The molecule has 3 heteroatoms. The van der Waals surface area contributed by atoms with Crippen LogP contribution in [-0.4, -0.2) is 10.7 Å². The van der Waals surface area contributed by atoms with Crippen molar-refractivity contribution in [2.45, 2.75) is 65.9 Å². The van der Waals surface area contributed by atoms with Gasteiger partial charge in [0.15, 0.2) is 0 Å². The monoisotopic (exact) mass is 292 g/mol. The van der Waals surface area contributed by atoms with Crippen molar-refractivity contribution in [2.75, 3.05) is 0 Å². The Labute approximate surface area is 126 Å². The van der Waals surface area contributed by atoms with E-state index in [0.717, 1.165) is 47.3 Å². The van der Waals surface area contributed by atoms with Crippen molar-refractivity contribution < 1.29 is 14.2 Å². The van der Waals surface area contributed by atoms with Crippen LogP contribution in [0, 0.1) is 20.8 Å². The maximum Gasteiger partial charge on any atom is 0.127 e. The van der Waals surface area contributed by atoms with E-state index in [-0.39, 0.29) is 11.4 Å².